The van der Waals surface area contributed by atoms with E-state index in [2.05, 4.69) is 19.9 Å². The summed E-state index contributed by atoms with van der Waals surface area (Å²) in [5.74, 6) is -4.42. The van der Waals surface area contributed by atoms with Crippen molar-refractivity contribution >= 4 is 51.9 Å². The van der Waals surface area contributed by atoms with Gasteiger partial charge in [-0.2, -0.15) is 0 Å². The second kappa shape index (κ2) is 15.0. The summed E-state index contributed by atoms with van der Waals surface area (Å²) >= 11 is 0. The third kappa shape index (κ3) is 7.79. The molecular formula is C40H38F4N10O3. The summed E-state index contributed by atoms with van der Waals surface area (Å²) in [7, 11) is 1.87. The number of alkyl halides is 4. The highest BCUT2D eigenvalue weighted by Gasteiger charge is 2.36. The number of fused-ring (bicyclic) bond motifs is 2. The fourth-order valence-corrected chi connectivity index (χ4v) is 7.15. The molecule has 17 heteroatoms. The van der Waals surface area contributed by atoms with E-state index in [1.807, 2.05) is 57.7 Å². The first-order valence-corrected chi connectivity index (χ1v) is 18.5. The van der Waals surface area contributed by atoms with E-state index in [9.17, 15) is 31.9 Å². The Labute approximate surface area is 324 Å². The van der Waals surface area contributed by atoms with E-state index in [0.717, 1.165) is 22.7 Å². The predicted octanol–water partition coefficient (Wildman–Crippen LogP) is 6.63. The Kier molecular flexibility index (Phi) is 9.93. The van der Waals surface area contributed by atoms with Crippen LogP contribution in [0.3, 0.4) is 0 Å². The fraction of sp³-hybridized carbons (Fsp3) is 0.325. The minimum atomic E-state index is -2.73. The Morgan fingerprint density at radius 1 is 0.649 bits per heavy atom. The molecule has 0 unspecified atom stereocenters. The standard InChI is InChI=1S/C34H27F2N9O3.C6H11F2N/c35-34(36)7-11-41(12-8-34)32(47)25-16-24-6-10-43(31(24)40-18-25)27-2-4-29(38-20-27)45-14-13-44(33(45)48)28-3-1-26(19-37-28)42-9-5-23-15-22(21-46)17-39-30(23)42;1-9-4-2-6(7,8)3-5-9/h1-6,9-10,15-21H,7-8,11-14H2;2-5H2,1H3. The van der Waals surface area contributed by atoms with E-state index >= 15 is 0 Å². The molecule has 9 heterocycles. The van der Waals surface area contributed by atoms with Crippen molar-refractivity contribution in [3.05, 3.63) is 96.8 Å². The molecule has 3 amide bonds. The van der Waals surface area contributed by atoms with Crippen LogP contribution >= 0.6 is 0 Å². The molecule has 294 valence electrons. The third-order valence-electron chi connectivity index (χ3n) is 10.5. The molecule has 57 heavy (non-hydrogen) atoms. The molecule has 0 aromatic carbocycles. The van der Waals surface area contributed by atoms with Gasteiger partial charge in [0, 0.05) is 106 Å². The summed E-state index contributed by atoms with van der Waals surface area (Å²) in [4.78, 5) is 62.0. The van der Waals surface area contributed by atoms with Gasteiger partial charge in [-0.3, -0.25) is 28.5 Å². The number of urea groups is 1. The van der Waals surface area contributed by atoms with Gasteiger partial charge in [0.25, 0.3) is 17.8 Å². The molecule has 0 spiro atoms. The number of anilines is 2. The second-order valence-corrected chi connectivity index (χ2v) is 14.5. The fourth-order valence-electron chi connectivity index (χ4n) is 7.15. The van der Waals surface area contributed by atoms with E-state index in [4.69, 9.17) is 0 Å². The zero-order valence-electron chi connectivity index (χ0n) is 30.9. The van der Waals surface area contributed by atoms with Gasteiger partial charge in [0.1, 0.15) is 22.9 Å². The number of aromatic nitrogens is 6. The van der Waals surface area contributed by atoms with Gasteiger partial charge in [0.2, 0.25) is 0 Å². The lowest BCUT2D eigenvalue weighted by Crippen LogP contribution is -2.42. The van der Waals surface area contributed by atoms with Crippen molar-refractivity contribution in [1.82, 2.24) is 38.9 Å². The van der Waals surface area contributed by atoms with Crippen LogP contribution in [0.1, 0.15) is 46.4 Å². The van der Waals surface area contributed by atoms with Gasteiger partial charge in [-0.15, -0.1) is 0 Å². The highest BCUT2D eigenvalue weighted by molar-refractivity contribution is 6.05. The number of amides is 3. The molecule has 3 aliphatic heterocycles. The summed E-state index contributed by atoms with van der Waals surface area (Å²) in [5.41, 5.74) is 3.64. The molecule has 0 saturated carbocycles. The molecular weight excluding hydrogens is 744 g/mol. The van der Waals surface area contributed by atoms with Crippen molar-refractivity contribution in [3.63, 3.8) is 0 Å². The van der Waals surface area contributed by atoms with Crippen LogP contribution in [0.4, 0.5) is 34.0 Å². The quantitative estimate of drug-likeness (QED) is 0.136. The molecule has 0 radical (unpaired) electrons. The monoisotopic (exact) mass is 782 g/mol. The molecule has 0 aliphatic carbocycles. The van der Waals surface area contributed by atoms with Gasteiger partial charge in [-0.25, -0.2) is 42.3 Å². The Balaban J connectivity index is 0.000000448. The first-order valence-electron chi connectivity index (χ1n) is 18.5. The van der Waals surface area contributed by atoms with Gasteiger partial charge in [0.15, 0.2) is 6.29 Å². The molecule has 6 aromatic rings. The Bertz CT molecular complexity index is 2430. The molecule has 13 nitrogen and oxygen atoms in total. The highest BCUT2D eigenvalue weighted by Crippen LogP contribution is 2.30. The molecule has 0 bridgehead atoms. The van der Waals surface area contributed by atoms with Crippen LogP contribution in [0.25, 0.3) is 33.4 Å². The van der Waals surface area contributed by atoms with Crippen LogP contribution in [-0.2, 0) is 0 Å². The van der Waals surface area contributed by atoms with Crippen molar-refractivity contribution in [3.8, 4) is 11.4 Å². The normalized spacial score (nSPS) is 18.2. The number of hydrogen-bond donors (Lipinski definition) is 0. The third-order valence-corrected chi connectivity index (χ3v) is 10.5. The average Bonchev–Trinajstić information content (AvgIpc) is 3.95. The van der Waals surface area contributed by atoms with Gasteiger partial charge in [0.05, 0.1) is 29.3 Å². The Morgan fingerprint density at radius 3 is 1.65 bits per heavy atom. The molecule has 3 aliphatic rings. The number of carbonyl (C=O) groups excluding carboxylic acids is 3. The van der Waals surface area contributed by atoms with Gasteiger partial charge < -0.3 is 9.80 Å². The maximum atomic E-state index is 13.5. The number of nitrogens with zero attached hydrogens (tertiary/aromatic N) is 10. The Morgan fingerprint density at radius 2 is 1.16 bits per heavy atom. The summed E-state index contributed by atoms with van der Waals surface area (Å²) in [6.45, 7) is 1.96. The minimum Gasteiger partial charge on any atom is -0.338 e. The second-order valence-electron chi connectivity index (χ2n) is 14.5. The lowest BCUT2D eigenvalue weighted by Gasteiger charge is -2.31. The highest BCUT2D eigenvalue weighted by atomic mass is 19.3. The van der Waals surface area contributed by atoms with Crippen molar-refractivity contribution in [2.45, 2.75) is 37.5 Å². The molecule has 3 fully saturated rings. The van der Waals surface area contributed by atoms with Crippen LogP contribution in [0.5, 0.6) is 0 Å². The number of rotatable bonds is 6. The van der Waals surface area contributed by atoms with E-state index in [1.54, 1.807) is 46.5 Å². The molecule has 9 rings (SSSR count). The van der Waals surface area contributed by atoms with E-state index in [0.29, 0.717) is 65.9 Å². The summed E-state index contributed by atoms with van der Waals surface area (Å²) in [5, 5.41) is 1.56. The summed E-state index contributed by atoms with van der Waals surface area (Å²) in [6.07, 6.45) is 10.1. The van der Waals surface area contributed by atoms with Crippen LogP contribution in [-0.4, -0.2) is 115 Å². The van der Waals surface area contributed by atoms with Crippen LogP contribution in [0.2, 0.25) is 0 Å². The number of aldehydes is 1. The average molecular weight is 783 g/mol. The summed E-state index contributed by atoms with van der Waals surface area (Å²) in [6, 6.07) is 14.2. The maximum absolute atomic E-state index is 13.5. The van der Waals surface area contributed by atoms with Gasteiger partial charge in [-0.05, 0) is 55.6 Å². The van der Waals surface area contributed by atoms with Crippen molar-refractivity contribution in [1.29, 1.82) is 0 Å². The van der Waals surface area contributed by atoms with E-state index in [1.165, 1.54) is 17.3 Å². The van der Waals surface area contributed by atoms with Crippen LogP contribution in [0, 0.1) is 0 Å². The van der Waals surface area contributed by atoms with E-state index in [-0.39, 0.29) is 50.7 Å². The zero-order chi connectivity index (χ0) is 39.9. The smallest absolute Gasteiger partial charge is 0.331 e. The molecule has 0 atom stereocenters. The molecule has 3 saturated heterocycles. The SMILES string of the molecule is CN1CCC(F)(F)CC1.O=Cc1cnc2c(ccn2-c2ccc(N3CCN(c4ccc(-n5ccc6cc(C(=O)N7CCC(F)(F)CC7)cnc65)cn4)C3=O)nc2)c1. The number of likely N-dealkylation sites (tertiary alicyclic amines) is 2. The lowest BCUT2D eigenvalue weighted by atomic mass is 10.1. The molecule has 0 N–H and O–H groups in total. The van der Waals surface area contributed by atoms with Crippen molar-refractivity contribution in [2.75, 3.05) is 56.1 Å². The number of halogens is 4. The predicted molar refractivity (Wildman–Crippen MR) is 205 cm³/mol. The largest absolute Gasteiger partial charge is 0.338 e. The zero-order valence-corrected chi connectivity index (χ0v) is 30.9. The topological polar surface area (TPSA) is 126 Å². The lowest BCUT2D eigenvalue weighted by molar-refractivity contribution is -0.0508. The number of carbonyl (C=O) groups is 3. The minimum absolute atomic E-state index is 0.0124. The van der Waals surface area contributed by atoms with Crippen LogP contribution in [0.15, 0.2) is 85.7 Å². The molecule has 6 aromatic heterocycles. The van der Waals surface area contributed by atoms with Gasteiger partial charge >= 0.3 is 6.03 Å². The van der Waals surface area contributed by atoms with Gasteiger partial charge in [-0.1, -0.05) is 0 Å². The number of piperidine rings is 2. The Hall–Kier alpha value is -6.23. The maximum Gasteiger partial charge on any atom is 0.331 e. The first kappa shape index (κ1) is 37.7. The number of pyridine rings is 4. The van der Waals surface area contributed by atoms with Crippen molar-refractivity contribution in [2.24, 2.45) is 0 Å². The van der Waals surface area contributed by atoms with E-state index < -0.39 is 11.8 Å². The first-order chi connectivity index (χ1) is 27.4. The van der Waals surface area contributed by atoms with Crippen molar-refractivity contribution < 1.29 is 31.9 Å². The van der Waals surface area contributed by atoms with Crippen LogP contribution < -0.4 is 9.80 Å². The number of hydrogen-bond acceptors (Lipinski definition) is 8. The summed E-state index contributed by atoms with van der Waals surface area (Å²) < 4.78 is 55.5.